The summed E-state index contributed by atoms with van der Waals surface area (Å²) in [5.74, 6) is -0.0414. The first-order valence-electron chi connectivity index (χ1n) is 9.38. The molecule has 5 nitrogen and oxygen atoms in total. The van der Waals surface area contributed by atoms with E-state index in [0.29, 0.717) is 30.2 Å². The van der Waals surface area contributed by atoms with Gasteiger partial charge in [0.2, 0.25) is 0 Å². The number of aryl methyl sites for hydroxylation is 1. The maximum Gasteiger partial charge on any atom is 0.251 e. The van der Waals surface area contributed by atoms with Gasteiger partial charge >= 0.3 is 0 Å². The van der Waals surface area contributed by atoms with Crippen molar-refractivity contribution in [3.8, 4) is 5.69 Å². The predicted octanol–water partition coefficient (Wildman–Crippen LogP) is 4.18. The average molecular weight is 397 g/mol. The van der Waals surface area contributed by atoms with E-state index in [9.17, 15) is 4.79 Å². The molecule has 6 heteroatoms. The number of nitrogens with one attached hydrogen (secondary N) is 2. The van der Waals surface area contributed by atoms with Gasteiger partial charge < -0.3 is 10.6 Å². The van der Waals surface area contributed by atoms with Crippen molar-refractivity contribution in [3.05, 3.63) is 81.6 Å². The molecule has 0 spiro atoms. The average Bonchev–Trinajstić information content (AvgIpc) is 2.97. The summed E-state index contributed by atoms with van der Waals surface area (Å²) < 4.78 is 1.94. The van der Waals surface area contributed by atoms with Crippen LogP contribution in [0.3, 0.4) is 0 Å². The van der Waals surface area contributed by atoms with Gasteiger partial charge in [-0.15, -0.1) is 0 Å². The van der Waals surface area contributed by atoms with Crippen molar-refractivity contribution in [1.29, 1.82) is 0 Å². The smallest absolute Gasteiger partial charge is 0.251 e. The molecule has 0 unspecified atom stereocenters. The summed E-state index contributed by atoms with van der Waals surface area (Å²) in [6.45, 7) is 8.01. The molecule has 1 amide bonds. The molecule has 3 aromatic rings. The molecular weight excluding hydrogens is 372 g/mol. The van der Waals surface area contributed by atoms with Crippen LogP contribution in [0.25, 0.3) is 5.69 Å². The molecule has 0 aliphatic rings. The van der Waals surface area contributed by atoms with Gasteiger partial charge in [-0.3, -0.25) is 4.79 Å². The minimum Gasteiger partial charge on any atom is -0.352 e. The van der Waals surface area contributed by atoms with E-state index in [1.165, 1.54) is 5.56 Å². The lowest BCUT2D eigenvalue weighted by molar-refractivity contribution is 0.0955. The zero-order chi connectivity index (χ0) is 20.1. The molecule has 146 valence electrons. The molecule has 0 saturated heterocycles. The summed E-state index contributed by atoms with van der Waals surface area (Å²) in [7, 11) is 0. The highest BCUT2D eigenvalue weighted by Gasteiger charge is 2.12. The second-order valence-corrected chi connectivity index (χ2v) is 7.14. The lowest BCUT2D eigenvalue weighted by atomic mass is 10.1. The van der Waals surface area contributed by atoms with Gasteiger partial charge in [-0.1, -0.05) is 23.7 Å². The Balaban J connectivity index is 1.68. The van der Waals surface area contributed by atoms with Crippen LogP contribution in [0.4, 0.5) is 0 Å². The van der Waals surface area contributed by atoms with Crippen LogP contribution in [0.2, 0.25) is 5.02 Å². The van der Waals surface area contributed by atoms with Gasteiger partial charge in [-0.2, -0.15) is 5.10 Å². The number of amides is 1. The van der Waals surface area contributed by atoms with E-state index >= 15 is 0 Å². The number of halogens is 1. The van der Waals surface area contributed by atoms with Crippen LogP contribution in [-0.2, 0) is 13.1 Å². The predicted molar refractivity (Wildman–Crippen MR) is 113 cm³/mol. The van der Waals surface area contributed by atoms with Gasteiger partial charge in [0, 0.05) is 41.5 Å². The van der Waals surface area contributed by atoms with Crippen LogP contribution < -0.4 is 10.6 Å². The Kier molecular flexibility index (Phi) is 6.49. The third-order valence-electron chi connectivity index (χ3n) is 4.67. The molecule has 0 radical (unpaired) electrons. The standard InChI is InChI=1S/C22H25ClN4O/c1-4-25-22(28)18-7-5-6-17(12-18)13-24-14-21-15(2)26-27(16(21)3)20-10-8-19(23)9-11-20/h5-12,24H,4,13-14H2,1-3H3,(H,25,28). The minimum atomic E-state index is -0.0414. The van der Waals surface area contributed by atoms with Crippen LogP contribution in [0.1, 0.15) is 39.8 Å². The van der Waals surface area contributed by atoms with E-state index in [2.05, 4.69) is 22.7 Å². The summed E-state index contributed by atoms with van der Waals surface area (Å²) in [6, 6.07) is 15.4. The molecule has 2 N–H and O–H groups in total. The van der Waals surface area contributed by atoms with Crippen molar-refractivity contribution in [1.82, 2.24) is 20.4 Å². The van der Waals surface area contributed by atoms with Crippen LogP contribution >= 0.6 is 11.6 Å². The van der Waals surface area contributed by atoms with Gasteiger partial charge in [0.05, 0.1) is 11.4 Å². The second kappa shape index (κ2) is 9.04. The molecule has 1 heterocycles. The Hall–Kier alpha value is -2.63. The Morgan fingerprint density at radius 3 is 2.57 bits per heavy atom. The molecule has 0 fully saturated rings. The van der Waals surface area contributed by atoms with Gasteiger partial charge in [0.25, 0.3) is 5.91 Å². The zero-order valence-electron chi connectivity index (χ0n) is 16.4. The van der Waals surface area contributed by atoms with Gasteiger partial charge in [0.15, 0.2) is 0 Å². The van der Waals surface area contributed by atoms with E-state index in [4.69, 9.17) is 11.6 Å². The number of carbonyl (C=O) groups excluding carboxylic acids is 1. The maximum absolute atomic E-state index is 12.0. The number of nitrogens with zero attached hydrogens (tertiary/aromatic N) is 2. The SMILES string of the molecule is CCNC(=O)c1cccc(CNCc2c(C)nn(-c3ccc(Cl)cc3)c2C)c1. The molecule has 2 aromatic carbocycles. The van der Waals surface area contributed by atoms with E-state index in [0.717, 1.165) is 22.6 Å². The molecule has 0 bridgehead atoms. The first-order valence-corrected chi connectivity index (χ1v) is 9.76. The first-order chi connectivity index (χ1) is 13.5. The quantitative estimate of drug-likeness (QED) is 0.629. The molecule has 0 aliphatic heterocycles. The van der Waals surface area contributed by atoms with E-state index in [1.807, 2.05) is 67.1 Å². The van der Waals surface area contributed by atoms with Crippen molar-refractivity contribution < 1.29 is 4.79 Å². The molecular formula is C22H25ClN4O. The molecule has 0 aliphatic carbocycles. The summed E-state index contributed by atoms with van der Waals surface area (Å²) in [4.78, 5) is 12.0. The van der Waals surface area contributed by atoms with Crippen molar-refractivity contribution >= 4 is 17.5 Å². The highest BCUT2D eigenvalue weighted by molar-refractivity contribution is 6.30. The van der Waals surface area contributed by atoms with Crippen LogP contribution in [-0.4, -0.2) is 22.2 Å². The minimum absolute atomic E-state index is 0.0414. The Morgan fingerprint density at radius 2 is 1.86 bits per heavy atom. The Morgan fingerprint density at radius 1 is 1.11 bits per heavy atom. The number of rotatable bonds is 7. The number of hydrogen-bond acceptors (Lipinski definition) is 3. The third kappa shape index (κ3) is 4.61. The van der Waals surface area contributed by atoms with Crippen LogP contribution in [0.15, 0.2) is 48.5 Å². The Bertz CT molecular complexity index is 963. The molecule has 28 heavy (non-hydrogen) atoms. The molecule has 0 saturated carbocycles. The van der Waals surface area contributed by atoms with Gasteiger partial charge in [0.1, 0.15) is 0 Å². The fourth-order valence-electron chi connectivity index (χ4n) is 3.18. The van der Waals surface area contributed by atoms with Crippen molar-refractivity contribution in [2.75, 3.05) is 6.54 Å². The van der Waals surface area contributed by atoms with Crippen LogP contribution in [0, 0.1) is 13.8 Å². The van der Waals surface area contributed by atoms with Crippen LogP contribution in [0.5, 0.6) is 0 Å². The number of aromatic nitrogens is 2. The summed E-state index contributed by atoms with van der Waals surface area (Å²) in [5, 5.41) is 11.7. The van der Waals surface area contributed by atoms with Crippen molar-refractivity contribution in [2.45, 2.75) is 33.9 Å². The summed E-state index contributed by atoms with van der Waals surface area (Å²) >= 11 is 5.99. The first kappa shape index (κ1) is 20.1. The highest BCUT2D eigenvalue weighted by Crippen LogP contribution is 2.19. The highest BCUT2D eigenvalue weighted by atomic mass is 35.5. The van der Waals surface area contributed by atoms with Gasteiger partial charge in [-0.25, -0.2) is 4.68 Å². The summed E-state index contributed by atoms with van der Waals surface area (Å²) in [6.07, 6.45) is 0. The Labute approximate surface area is 170 Å². The van der Waals surface area contributed by atoms with E-state index < -0.39 is 0 Å². The lowest BCUT2D eigenvalue weighted by Gasteiger charge is -2.09. The van der Waals surface area contributed by atoms with Crippen molar-refractivity contribution in [3.63, 3.8) is 0 Å². The molecule has 3 rings (SSSR count). The largest absolute Gasteiger partial charge is 0.352 e. The fraction of sp³-hybridized carbons (Fsp3) is 0.273. The normalized spacial score (nSPS) is 10.9. The van der Waals surface area contributed by atoms with Gasteiger partial charge in [-0.05, 0) is 62.7 Å². The van der Waals surface area contributed by atoms with Crippen molar-refractivity contribution in [2.24, 2.45) is 0 Å². The molecule has 1 aromatic heterocycles. The zero-order valence-corrected chi connectivity index (χ0v) is 17.2. The molecule has 0 atom stereocenters. The number of carbonyl (C=O) groups is 1. The monoisotopic (exact) mass is 396 g/mol. The van der Waals surface area contributed by atoms with E-state index in [1.54, 1.807) is 0 Å². The van der Waals surface area contributed by atoms with E-state index in [-0.39, 0.29) is 5.91 Å². The lowest BCUT2D eigenvalue weighted by Crippen LogP contribution is -2.23. The maximum atomic E-state index is 12.0. The topological polar surface area (TPSA) is 59.0 Å². The second-order valence-electron chi connectivity index (χ2n) is 6.70. The fourth-order valence-corrected chi connectivity index (χ4v) is 3.31. The number of benzene rings is 2. The number of hydrogen-bond donors (Lipinski definition) is 2. The third-order valence-corrected chi connectivity index (χ3v) is 4.92. The summed E-state index contributed by atoms with van der Waals surface area (Å²) in [5.41, 5.74) is 6.02.